The molecule has 1 fully saturated rings. The van der Waals surface area contributed by atoms with Gasteiger partial charge in [0.1, 0.15) is 5.75 Å². The molecule has 2 rings (SSSR count). The van der Waals surface area contributed by atoms with Crippen LogP contribution >= 0.6 is 0 Å². The van der Waals surface area contributed by atoms with Crippen LogP contribution in [0.25, 0.3) is 0 Å². The van der Waals surface area contributed by atoms with Gasteiger partial charge in [0.15, 0.2) is 0 Å². The zero-order chi connectivity index (χ0) is 18.2. The van der Waals surface area contributed by atoms with E-state index < -0.39 is 0 Å². The second-order valence-electron chi connectivity index (χ2n) is 6.84. The number of nitrogens with two attached hydrogens (primary N) is 1. The third-order valence-electron chi connectivity index (χ3n) is 4.79. The van der Waals surface area contributed by atoms with Gasteiger partial charge in [-0.3, -0.25) is 4.79 Å². The molecule has 0 aliphatic carbocycles. The minimum absolute atomic E-state index is 0.0141. The van der Waals surface area contributed by atoms with E-state index in [1.54, 1.807) is 7.11 Å². The van der Waals surface area contributed by atoms with Crippen molar-refractivity contribution < 1.29 is 14.3 Å². The van der Waals surface area contributed by atoms with Crippen LogP contribution in [-0.2, 0) is 11.2 Å². The highest BCUT2D eigenvalue weighted by Crippen LogP contribution is 2.20. The van der Waals surface area contributed by atoms with Crippen LogP contribution in [0.2, 0.25) is 0 Å². The largest absolute Gasteiger partial charge is 0.497 e. The van der Waals surface area contributed by atoms with Crippen LogP contribution in [0, 0.1) is 5.92 Å². The van der Waals surface area contributed by atoms with Crippen molar-refractivity contribution in [3.8, 4) is 5.75 Å². The van der Waals surface area contributed by atoms with Crippen LogP contribution in [0.4, 0.5) is 4.79 Å². The number of amides is 3. The van der Waals surface area contributed by atoms with E-state index in [-0.39, 0.29) is 18.0 Å². The van der Waals surface area contributed by atoms with Crippen LogP contribution in [0.5, 0.6) is 5.75 Å². The van der Waals surface area contributed by atoms with Crippen molar-refractivity contribution in [1.29, 1.82) is 0 Å². The lowest BCUT2D eigenvalue weighted by molar-refractivity contribution is -0.119. The molecule has 138 valence electrons. The Morgan fingerprint density at radius 2 is 1.92 bits per heavy atom. The quantitative estimate of drug-likeness (QED) is 0.794. The topological polar surface area (TPSA) is 84.7 Å². The molecule has 0 radical (unpaired) electrons. The Morgan fingerprint density at radius 3 is 2.48 bits per heavy atom. The fourth-order valence-electron chi connectivity index (χ4n) is 3.17. The Labute approximate surface area is 149 Å². The van der Waals surface area contributed by atoms with Crippen LogP contribution in [0.3, 0.4) is 0 Å². The molecule has 0 saturated carbocycles. The second-order valence-corrected chi connectivity index (χ2v) is 6.84. The lowest BCUT2D eigenvalue weighted by atomic mass is 9.93. The molecule has 0 bridgehead atoms. The van der Waals surface area contributed by atoms with Crippen LogP contribution < -0.4 is 15.8 Å². The summed E-state index contributed by atoms with van der Waals surface area (Å²) in [5.41, 5.74) is 6.47. The highest BCUT2D eigenvalue weighted by molar-refractivity contribution is 5.75. The number of benzene rings is 1. The third-order valence-corrected chi connectivity index (χ3v) is 4.79. The lowest BCUT2D eigenvalue weighted by Crippen LogP contribution is -2.47. The summed E-state index contributed by atoms with van der Waals surface area (Å²) in [6, 6.07) is 8.11. The van der Waals surface area contributed by atoms with E-state index in [0.29, 0.717) is 25.4 Å². The summed E-state index contributed by atoms with van der Waals surface area (Å²) in [5.74, 6) is 0.911. The Hall–Kier alpha value is -2.24. The zero-order valence-corrected chi connectivity index (χ0v) is 15.2. The number of methoxy groups -OCH3 is 1. The van der Waals surface area contributed by atoms with Gasteiger partial charge in [-0.1, -0.05) is 12.1 Å². The SMILES string of the molecule is COc1ccc(CCC(C)NC(=O)N2CCC(CC(N)=O)CC2)cc1. The standard InChI is InChI=1S/C19H29N3O3/c1-14(3-4-15-5-7-17(25-2)8-6-15)21-19(24)22-11-9-16(10-12-22)13-18(20)23/h5-8,14,16H,3-4,9-13H2,1-2H3,(H2,20,23)(H,21,24). The monoisotopic (exact) mass is 347 g/mol. The normalized spacial score (nSPS) is 16.3. The van der Waals surface area contributed by atoms with Crippen LogP contribution in [0.1, 0.15) is 38.2 Å². The number of nitrogens with one attached hydrogen (secondary N) is 1. The van der Waals surface area contributed by atoms with Gasteiger partial charge in [-0.15, -0.1) is 0 Å². The lowest BCUT2D eigenvalue weighted by Gasteiger charge is -2.32. The molecule has 3 N–H and O–H groups in total. The van der Waals surface area contributed by atoms with Crippen LogP contribution in [-0.4, -0.2) is 43.1 Å². The number of carbonyl (C=O) groups excluding carboxylic acids is 2. The molecule has 1 aliphatic heterocycles. The highest BCUT2D eigenvalue weighted by atomic mass is 16.5. The first-order chi connectivity index (χ1) is 12.0. The van der Waals surface area contributed by atoms with Crippen molar-refractivity contribution in [2.45, 2.75) is 45.1 Å². The molecular formula is C19H29N3O3. The summed E-state index contributed by atoms with van der Waals surface area (Å²) >= 11 is 0. The fourth-order valence-corrected chi connectivity index (χ4v) is 3.17. The number of nitrogens with zero attached hydrogens (tertiary/aromatic N) is 1. The van der Waals surface area contributed by atoms with Gasteiger partial charge in [-0.25, -0.2) is 4.79 Å². The Balaban J connectivity index is 1.70. The van der Waals surface area contributed by atoms with Crippen molar-refractivity contribution in [3.05, 3.63) is 29.8 Å². The predicted molar refractivity (Wildman–Crippen MR) is 97.4 cm³/mol. The molecule has 1 heterocycles. The van der Waals surface area contributed by atoms with Gasteiger partial charge in [-0.05, 0) is 56.2 Å². The van der Waals surface area contributed by atoms with Gasteiger partial charge in [0, 0.05) is 25.6 Å². The van der Waals surface area contributed by atoms with Gasteiger partial charge in [0.05, 0.1) is 7.11 Å². The first-order valence-electron chi connectivity index (χ1n) is 8.94. The number of primary amides is 1. The average Bonchev–Trinajstić information content (AvgIpc) is 2.60. The van der Waals surface area contributed by atoms with Gasteiger partial charge >= 0.3 is 6.03 Å². The summed E-state index contributed by atoms with van der Waals surface area (Å²) < 4.78 is 5.16. The smallest absolute Gasteiger partial charge is 0.317 e. The number of aryl methyl sites for hydroxylation is 1. The average molecular weight is 347 g/mol. The summed E-state index contributed by atoms with van der Waals surface area (Å²) in [6.45, 7) is 3.41. The minimum Gasteiger partial charge on any atom is -0.497 e. The Kier molecular flexibility index (Phi) is 7.10. The molecule has 1 atom stereocenters. The Morgan fingerprint density at radius 1 is 1.28 bits per heavy atom. The molecule has 1 aromatic carbocycles. The number of hydrogen-bond acceptors (Lipinski definition) is 3. The predicted octanol–water partition coefficient (Wildman–Crippen LogP) is 2.31. The summed E-state index contributed by atoms with van der Waals surface area (Å²) in [7, 11) is 1.66. The number of rotatable bonds is 7. The van der Waals surface area contributed by atoms with Gasteiger partial charge in [0.2, 0.25) is 5.91 Å². The number of urea groups is 1. The van der Waals surface area contributed by atoms with E-state index >= 15 is 0 Å². The van der Waals surface area contributed by atoms with E-state index in [4.69, 9.17) is 10.5 Å². The van der Waals surface area contributed by atoms with Gasteiger partial charge in [-0.2, -0.15) is 0 Å². The molecule has 0 spiro atoms. The maximum atomic E-state index is 12.3. The molecule has 1 unspecified atom stereocenters. The van der Waals surface area contributed by atoms with Crippen molar-refractivity contribution in [2.24, 2.45) is 11.7 Å². The van der Waals surface area contributed by atoms with Crippen molar-refractivity contribution in [2.75, 3.05) is 20.2 Å². The van der Waals surface area contributed by atoms with Crippen molar-refractivity contribution >= 4 is 11.9 Å². The highest BCUT2D eigenvalue weighted by Gasteiger charge is 2.24. The van der Waals surface area contributed by atoms with Crippen LogP contribution in [0.15, 0.2) is 24.3 Å². The first-order valence-corrected chi connectivity index (χ1v) is 8.94. The summed E-state index contributed by atoms with van der Waals surface area (Å²) in [6.07, 6.45) is 3.91. The molecule has 6 nitrogen and oxygen atoms in total. The zero-order valence-electron chi connectivity index (χ0n) is 15.2. The van der Waals surface area contributed by atoms with E-state index in [9.17, 15) is 9.59 Å². The summed E-state index contributed by atoms with van der Waals surface area (Å²) in [4.78, 5) is 25.1. The van der Waals surface area contributed by atoms with Gasteiger partial charge in [0.25, 0.3) is 0 Å². The Bertz CT molecular complexity index is 566. The van der Waals surface area contributed by atoms with E-state index in [2.05, 4.69) is 17.4 Å². The van der Waals surface area contributed by atoms with Crippen molar-refractivity contribution in [3.63, 3.8) is 0 Å². The van der Waals surface area contributed by atoms with E-state index in [1.807, 2.05) is 24.0 Å². The molecule has 1 aromatic rings. The first kappa shape index (κ1) is 19.1. The van der Waals surface area contributed by atoms with E-state index in [0.717, 1.165) is 31.4 Å². The third kappa shape index (κ3) is 6.29. The number of piperidine rings is 1. The molecule has 6 heteroatoms. The number of ether oxygens (including phenoxy) is 1. The van der Waals surface area contributed by atoms with Gasteiger partial charge < -0.3 is 20.7 Å². The molecule has 1 aliphatic rings. The molecular weight excluding hydrogens is 318 g/mol. The number of likely N-dealkylation sites (tertiary alicyclic amines) is 1. The van der Waals surface area contributed by atoms with Crippen molar-refractivity contribution in [1.82, 2.24) is 10.2 Å². The number of carbonyl (C=O) groups is 2. The molecule has 0 aromatic heterocycles. The minimum atomic E-state index is -0.255. The maximum Gasteiger partial charge on any atom is 0.317 e. The summed E-state index contributed by atoms with van der Waals surface area (Å²) in [5, 5.41) is 3.07. The molecule has 3 amide bonds. The maximum absolute atomic E-state index is 12.3. The fraction of sp³-hybridized carbons (Fsp3) is 0.579. The number of hydrogen-bond donors (Lipinski definition) is 2. The molecule has 25 heavy (non-hydrogen) atoms. The molecule has 1 saturated heterocycles. The van der Waals surface area contributed by atoms with E-state index in [1.165, 1.54) is 5.56 Å². The second kappa shape index (κ2) is 9.30.